The fourth-order valence-corrected chi connectivity index (χ4v) is 1.41. The van der Waals surface area contributed by atoms with E-state index in [0.717, 1.165) is 26.2 Å². The van der Waals surface area contributed by atoms with Crippen molar-refractivity contribution in [3.05, 3.63) is 0 Å². The molecule has 0 radical (unpaired) electrons. The van der Waals surface area contributed by atoms with E-state index in [1.807, 2.05) is 0 Å². The van der Waals surface area contributed by atoms with Crippen molar-refractivity contribution in [1.82, 2.24) is 4.90 Å². The van der Waals surface area contributed by atoms with Gasteiger partial charge < -0.3 is 9.47 Å². The lowest BCUT2D eigenvalue weighted by molar-refractivity contribution is 0.101. The number of hydrogen-bond acceptors (Lipinski definition) is 3. The van der Waals surface area contributed by atoms with Gasteiger partial charge in [-0.1, -0.05) is 0 Å². The first-order chi connectivity index (χ1) is 5.36. The maximum Gasteiger partial charge on any atom is 0.0710 e. The molecule has 1 atom stereocenters. The summed E-state index contributed by atoms with van der Waals surface area (Å²) in [5, 5.41) is 0. The molecule has 0 spiro atoms. The van der Waals surface area contributed by atoms with Crippen LogP contribution in [0.1, 0.15) is 6.42 Å². The highest BCUT2D eigenvalue weighted by Crippen LogP contribution is 2.10. The second-order valence-electron chi connectivity index (χ2n) is 2.94. The van der Waals surface area contributed by atoms with Crippen LogP contribution in [0.2, 0.25) is 0 Å². The van der Waals surface area contributed by atoms with Gasteiger partial charge in [0, 0.05) is 33.9 Å². The largest absolute Gasteiger partial charge is 0.383 e. The van der Waals surface area contributed by atoms with E-state index >= 15 is 0 Å². The van der Waals surface area contributed by atoms with Crippen molar-refractivity contribution < 1.29 is 9.47 Å². The first kappa shape index (κ1) is 8.97. The first-order valence-corrected chi connectivity index (χ1v) is 4.11. The molecule has 11 heavy (non-hydrogen) atoms. The number of ether oxygens (including phenoxy) is 2. The van der Waals surface area contributed by atoms with Crippen molar-refractivity contribution in [2.75, 3.05) is 40.5 Å². The predicted octanol–water partition coefficient (Wildman–Crippen LogP) is 0.353. The molecule has 1 saturated heterocycles. The second-order valence-corrected chi connectivity index (χ2v) is 2.94. The van der Waals surface area contributed by atoms with Gasteiger partial charge in [0.25, 0.3) is 0 Å². The van der Waals surface area contributed by atoms with Crippen molar-refractivity contribution in [3.8, 4) is 0 Å². The maximum absolute atomic E-state index is 5.24. The quantitative estimate of drug-likeness (QED) is 0.591. The monoisotopic (exact) mass is 159 g/mol. The highest BCUT2D eigenvalue weighted by Gasteiger charge is 2.20. The molecular weight excluding hydrogens is 142 g/mol. The molecule has 1 aliphatic heterocycles. The molecule has 0 aromatic heterocycles. The summed E-state index contributed by atoms with van der Waals surface area (Å²) in [6.45, 7) is 4.09. The summed E-state index contributed by atoms with van der Waals surface area (Å²) in [5.74, 6) is 0. The number of rotatable bonds is 4. The van der Waals surface area contributed by atoms with Gasteiger partial charge in [-0.2, -0.15) is 0 Å². The molecule has 0 saturated carbocycles. The molecule has 3 nitrogen and oxygen atoms in total. The molecule has 3 heteroatoms. The zero-order chi connectivity index (χ0) is 8.10. The molecule has 0 aromatic rings. The Morgan fingerprint density at radius 2 is 2.27 bits per heavy atom. The summed E-state index contributed by atoms with van der Waals surface area (Å²) >= 11 is 0. The van der Waals surface area contributed by atoms with Gasteiger partial charge in [0.2, 0.25) is 0 Å². The second kappa shape index (κ2) is 4.70. The summed E-state index contributed by atoms with van der Waals surface area (Å²) < 4.78 is 10.2. The summed E-state index contributed by atoms with van der Waals surface area (Å²) in [7, 11) is 3.52. The van der Waals surface area contributed by atoms with Gasteiger partial charge in [-0.05, 0) is 6.42 Å². The Morgan fingerprint density at radius 1 is 1.45 bits per heavy atom. The molecule has 1 heterocycles. The molecule has 1 fully saturated rings. The van der Waals surface area contributed by atoms with Gasteiger partial charge >= 0.3 is 0 Å². The third-order valence-corrected chi connectivity index (χ3v) is 2.17. The fraction of sp³-hybridized carbons (Fsp3) is 1.00. The van der Waals surface area contributed by atoms with Gasteiger partial charge in [0.15, 0.2) is 0 Å². The van der Waals surface area contributed by atoms with Crippen LogP contribution in [0.15, 0.2) is 0 Å². The third kappa shape index (κ3) is 2.77. The van der Waals surface area contributed by atoms with E-state index in [2.05, 4.69) is 4.90 Å². The smallest absolute Gasteiger partial charge is 0.0710 e. The number of methoxy groups -OCH3 is 2. The van der Waals surface area contributed by atoms with Crippen molar-refractivity contribution >= 4 is 0 Å². The van der Waals surface area contributed by atoms with Crippen molar-refractivity contribution in [2.45, 2.75) is 12.5 Å². The lowest BCUT2D eigenvalue weighted by atomic mass is 10.3. The minimum Gasteiger partial charge on any atom is -0.383 e. The van der Waals surface area contributed by atoms with Gasteiger partial charge in [-0.3, -0.25) is 4.90 Å². The number of nitrogens with zero attached hydrogens (tertiary/aromatic N) is 1. The Bertz CT molecular complexity index is 108. The Labute approximate surface area is 68.3 Å². The number of likely N-dealkylation sites (tertiary alicyclic amines) is 1. The molecule has 1 rings (SSSR count). The van der Waals surface area contributed by atoms with Crippen molar-refractivity contribution in [2.24, 2.45) is 0 Å². The minimum atomic E-state index is 0.451. The van der Waals surface area contributed by atoms with Crippen LogP contribution in [0, 0.1) is 0 Å². The van der Waals surface area contributed by atoms with E-state index in [1.165, 1.54) is 6.42 Å². The Hall–Kier alpha value is -0.120. The summed E-state index contributed by atoms with van der Waals surface area (Å²) in [6, 6.07) is 0. The van der Waals surface area contributed by atoms with Gasteiger partial charge in [0.05, 0.1) is 12.7 Å². The van der Waals surface area contributed by atoms with Crippen LogP contribution < -0.4 is 0 Å². The summed E-state index contributed by atoms with van der Waals surface area (Å²) in [6.07, 6.45) is 1.62. The molecule has 1 aliphatic rings. The zero-order valence-electron chi connectivity index (χ0n) is 7.38. The van der Waals surface area contributed by atoms with E-state index in [9.17, 15) is 0 Å². The summed E-state index contributed by atoms with van der Waals surface area (Å²) in [4.78, 5) is 2.37. The normalized spacial score (nSPS) is 26.2. The van der Waals surface area contributed by atoms with Crippen LogP contribution in [-0.4, -0.2) is 51.5 Å². The average molecular weight is 159 g/mol. The number of hydrogen-bond donors (Lipinski definition) is 0. The molecule has 0 N–H and O–H groups in total. The Balaban J connectivity index is 2.09. The fourth-order valence-electron chi connectivity index (χ4n) is 1.41. The average Bonchev–Trinajstić information content (AvgIpc) is 2.48. The standard InChI is InChI=1S/C8H17NO2/c1-10-6-5-9-4-3-8(7-9)11-2/h8H,3-7H2,1-2H3. The van der Waals surface area contributed by atoms with E-state index in [-0.39, 0.29) is 0 Å². The minimum absolute atomic E-state index is 0.451. The van der Waals surface area contributed by atoms with Gasteiger partial charge in [-0.25, -0.2) is 0 Å². The Kier molecular flexibility index (Phi) is 3.83. The van der Waals surface area contributed by atoms with Crippen LogP contribution in [0.4, 0.5) is 0 Å². The predicted molar refractivity (Wildman–Crippen MR) is 43.7 cm³/mol. The lowest BCUT2D eigenvalue weighted by Gasteiger charge is -2.14. The first-order valence-electron chi connectivity index (χ1n) is 4.11. The van der Waals surface area contributed by atoms with Crippen LogP contribution in [0.5, 0.6) is 0 Å². The van der Waals surface area contributed by atoms with E-state index < -0.39 is 0 Å². The third-order valence-electron chi connectivity index (χ3n) is 2.17. The van der Waals surface area contributed by atoms with E-state index in [0.29, 0.717) is 6.10 Å². The maximum atomic E-state index is 5.24. The molecular formula is C8H17NO2. The van der Waals surface area contributed by atoms with Crippen LogP contribution in [0.3, 0.4) is 0 Å². The van der Waals surface area contributed by atoms with Crippen LogP contribution in [-0.2, 0) is 9.47 Å². The molecule has 0 aliphatic carbocycles. The highest BCUT2D eigenvalue weighted by molar-refractivity contribution is 4.74. The SMILES string of the molecule is COCCN1CCC(OC)C1. The zero-order valence-corrected chi connectivity index (χ0v) is 7.38. The van der Waals surface area contributed by atoms with Crippen LogP contribution >= 0.6 is 0 Å². The molecule has 0 aromatic carbocycles. The van der Waals surface area contributed by atoms with E-state index in [4.69, 9.17) is 9.47 Å². The van der Waals surface area contributed by atoms with Crippen LogP contribution in [0.25, 0.3) is 0 Å². The molecule has 0 amide bonds. The topological polar surface area (TPSA) is 21.7 Å². The Morgan fingerprint density at radius 3 is 2.82 bits per heavy atom. The van der Waals surface area contributed by atoms with Crippen molar-refractivity contribution in [1.29, 1.82) is 0 Å². The van der Waals surface area contributed by atoms with E-state index in [1.54, 1.807) is 14.2 Å². The lowest BCUT2D eigenvalue weighted by Crippen LogP contribution is -2.26. The molecule has 1 unspecified atom stereocenters. The molecule has 66 valence electrons. The molecule has 0 bridgehead atoms. The van der Waals surface area contributed by atoms with Gasteiger partial charge in [0.1, 0.15) is 0 Å². The van der Waals surface area contributed by atoms with Gasteiger partial charge in [-0.15, -0.1) is 0 Å². The van der Waals surface area contributed by atoms with Crippen molar-refractivity contribution in [3.63, 3.8) is 0 Å². The summed E-state index contributed by atoms with van der Waals surface area (Å²) in [5.41, 5.74) is 0. The highest BCUT2D eigenvalue weighted by atomic mass is 16.5.